The smallest absolute Gasteiger partial charge is 0.404 e. The molecule has 1 amide bonds. The predicted octanol–water partition coefficient (Wildman–Crippen LogP) is 3.85. The SMILES string of the molecule is Cc1c(NC(=O)CNc2ccccc2OC(F)(F)F)cccc1[N+](=O)[O-]. The first kappa shape index (κ1) is 19.0. The molecule has 0 radical (unpaired) electrons. The first-order valence-electron chi connectivity index (χ1n) is 7.30. The zero-order valence-electron chi connectivity index (χ0n) is 13.5. The summed E-state index contributed by atoms with van der Waals surface area (Å²) < 4.78 is 41.0. The molecule has 2 rings (SSSR count). The Morgan fingerprint density at radius 2 is 1.81 bits per heavy atom. The fraction of sp³-hybridized carbons (Fsp3) is 0.188. The highest BCUT2D eigenvalue weighted by atomic mass is 19.4. The Kier molecular flexibility index (Phi) is 5.65. The van der Waals surface area contributed by atoms with E-state index in [1.165, 1.54) is 43.3 Å². The first-order valence-corrected chi connectivity index (χ1v) is 7.30. The molecule has 10 heteroatoms. The van der Waals surface area contributed by atoms with Gasteiger partial charge >= 0.3 is 6.36 Å². The van der Waals surface area contributed by atoms with Crippen LogP contribution in [-0.2, 0) is 4.79 Å². The van der Waals surface area contributed by atoms with E-state index in [2.05, 4.69) is 15.4 Å². The van der Waals surface area contributed by atoms with Crippen LogP contribution in [0.4, 0.5) is 30.2 Å². The molecule has 0 aliphatic rings. The van der Waals surface area contributed by atoms with Gasteiger partial charge in [-0.25, -0.2) is 0 Å². The topological polar surface area (TPSA) is 93.5 Å². The van der Waals surface area contributed by atoms with Crippen LogP contribution in [0.5, 0.6) is 5.75 Å². The number of para-hydroxylation sites is 2. The molecule has 0 unspecified atom stereocenters. The highest BCUT2D eigenvalue weighted by molar-refractivity contribution is 5.95. The lowest BCUT2D eigenvalue weighted by atomic mass is 10.1. The average Bonchev–Trinajstić information content (AvgIpc) is 2.54. The van der Waals surface area contributed by atoms with Crippen LogP contribution in [0, 0.1) is 17.0 Å². The normalized spacial score (nSPS) is 10.9. The summed E-state index contributed by atoms with van der Waals surface area (Å²) in [5.41, 5.74) is 0.341. The van der Waals surface area contributed by atoms with E-state index in [0.717, 1.165) is 6.07 Å². The van der Waals surface area contributed by atoms with Gasteiger partial charge in [0, 0.05) is 6.07 Å². The van der Waals surface area contributed by atoms with Gasteiger partial charge in [-0.3, -0.25) is 14.9 Å². The van der Waals surface area contributed by atoms with Crippen molar-refractivity contribution < 1.29 is 27.6 Å². The number of ether oxygens (including phenoxy) is 1. The molecule has 7 nitrogen and oxygen atoms in total. The number of nitro groups is 1. The molecule has 0 bridgehead atoms. The van der Waals surface area contributed by atoms with E-state index >= 15 is 0 Å². The van der Waals surface area contributed by atoms with Crippen molar-refractivity contribution in [2.45, 2.75) is 13.3 Å². The maximum absolute atomic E-state index is 12.4. The summed E-state index contributed by atoms with van der Waals surface area (Å²) in [5, 5.41) is 15.9. The van der Waals surface area contributed by atoms with E-state index in [0.29, 0.717) is 0 Å². The summed E-state index contributed by atoms with van der Waals surface area (Å²) in [7, 11) is 0. The molecular weight excluding hydrogens is 355 g/mol. The van der Waals surface area contributed by atoms with Gasteiger partial charge in [0.25, 0.3) is 5.69 Å². The van der Waals surface area contributed by atoms with E-state index in [9.17, 15) is 28.1 Å². The number of rotatable bonds is 6. The van der Waals surface area contributed by atoms with Gasteiger partial charge in [-0.05, 0) is 25.1 Å². The molecule has 0 aliphatic carbocycles. The molecule has 0 aromatic heterocycles. The average molecular weight is 369 g/mol. The molecule has 0 atom stereocenters. The Hall–Kier alpha value is -3.30. The van der Waals surface area contributed by atoms with Gasteiger partial charge in [0.2, 0.25) is 5.91 Å². The van der Waals surface area contributed by atoms with Crippen molar-refractivity contribution in [1.29, 1.82) is 0 Å². The van der Waals surface area contributed by atoms with Gasteiger partial charge in [0.05, 0.1) is 28.4 Å². The second kappa shape index (κ2) is 7.72. The van der Waals surface area contributed by atoms with E-state index in [1.54, 1.807) is 0 Å². The molecule has 2 N–H and O–H groups in total. The number of hydrogen-bond acceptors (Lipinski definition) is 5. The number of carbonyl (C=O) groups excluding carboxylic acids is 1. The van der Waals surface area contributed by atoms with Crippen LogP contribution in [0.2, 0.25) is 0 Å². The molecule has 138 valence electrons. The minimum Gasteiger partial charge on any atom is -0.404 e. The Labute approximate surface area is 145 Å². The van der Waals surface area contributed by atoms with Gasteiger partial charge in [0.15, 0.2) is 5.75 Å². The third kappa shape index (κ3) is 5.10. The van der Waals surface area contributed by atoms with Crippen molar-refractivity contribution in [3.05, 3.63) is 58.1 Å². The van der Waals surface area contributed by atoms with E-state index in [4.69, 9.17) is 0 Å². The Morgan fingerprint density at radius 1 is 1.15 bits per heavy atom. The number of nitro benzene ring substituents is 1. The molecule has 2 aromatic carbocycles. The number of nitrogens with zero attached hydrogens (tertiary/aromatic N) is 1. The van der Waals surface area contributed by atoms with Crippen LogP contribution in [0.1, 0.15) is 5.56 Å². The Bertz CT molecular complexity index is 825. The molecule has 0 fully saturated rings. The van der Waals surface area contributed by atoms with Crippen molar-refractivity contribution in [1.82, 2.24) is 0 Å². The number of carbonyl (C=O) groups is 1. The highest BCUT2D eigenvalue weighted by Gasteiger charge is 2.32. The molecule has 0 saturated heterocycles. The van der Waals surface area contributed by atoms with Crippen LogP contribution >= 0.6 is 0 Å². The predicted molar refractivity (Wildman–Crippen MR) is 88.1 cm³/mol. The number of amides is 1. The second-order valence-corrected chi connectivity index (χ2v) is 5.15. The molecule has 2 aromatic rings. The molecular formula is C16H14F3N3O4. The maximum Gasteiger partial charge on any atom is 0.573 e. The number of nitrogens with one attached hydrogen (secondary N) is 2. The lowest BCUT2D eigenvalue weighted by Crippen LogP contribution is -2.23. The summed E-state index contributed by atoms with van der Waals surface area (Å²) >= 11 is 0. The second-order valence-electron chi connectivity index (χ2n) is 5.15. The first-order chi connectivity index (χ1) is 12.2. The Balaban J connectivity index is 2.05. The van der Waals surface area contributed by atoms with Gasteiger partial charge < -0.3 is 15.4 Å². The van der Waals surface area contributed by atoms with Gasteiger partial charge in [-0.2, -0.15) is 0 Å². The van der Waals surface area contributed by atoms with E-state index in [1.807, 2.05) is 0 Å². The number of halogens is 3. The summed E-state index contributed by atoms with van der Waals surface area (Å²) in [4.78, 5) is 22.3. The minimum atomic E-state index is -4.86. The minimum absolute atomic E-state index is 0.0178. The fourth-order valence-electron chi connectivity index (χ4n) is 2.15. The monoisotopic (exact) mass is 369 g/mol. The van der Waals surface area contributed by atoms with Crippen molar-refractivity contribution in [2.75, 3.05) is 17.2 Å². The molecule has 0 heterocycles. The molecule has 0 spiro atoms. The van der Waals surface area contributed by atoms with Crippen LogP contribution < -0.4 is 15.4 Å². The third-order valence-corrected chi connectivity index (χ3v) is 3.33. The molecule has 26 heavy (non-hydrogen) atoms. The summed E-state index contributed by atoms with van der Waals surface area (Å²) in [6.45, 7) is 1.12. The van der Waals surface area contributed by atoms with Crippen LogP contribution in [0.3, 0.4) is 0 Å². The lowest BCUT2D eigenvalue weighted by Gasteiger charge is -2.14. The van der Waals surface area contributed by atoms with Crippen molar-refractivity contribution >= 4 is 23.0 Å². The third-order valence-electron chi connectivity index (χ3n) is 3.33. The van der Waals surface area contributed by atoms with Gasteiger partial charge in [-0.1, -0.05) is 18.2 Å². The zero-order valence-corrected chi connectivity index (χ0v) is 13.5. The van der Waals surface area contributed by atoms with Crippen LogP contribution in [-0.4, -0.2) is 23.7 Å². The van der Waals surface area contributed by atoms with Gasteiger partial charge in [0.1, 0.15) is 0 Å². The summed E-state index contributed by atoms with van der Waals surface area (Å²) in [5.74, 6) is -1.06. The Morgan fingerprint density at radius 3 is 2.46 bits per heavy atom. The van der Waals surface area contributed by atoms with Crippen LogP contribution in [0.15, 0.2) is 42.5 Å². The fourth-order valence-corrected chi connectivity index (χ4v) is 2.15. The summed E-state index contributed by atoms with van der Waals surface area (Å²) in [6, 6.07) is 9.48. The summed E-state index contributed by atoms with van der Waals surface area (Å²) in [6.07, 6.45) is -4.86. The number of benzene rings is 2. The zero-order chi connectivity index (χ0) is 19.3. The van der Waals surface area contributed by atoms with E-state index < -0.39 is 22.9 Å². The standard InChI is InChI=1S/C16H14F3N3O4/c1-10-11(6-4-7-13(10)22(24)25)21-15(23)9-20-12-5-2-3-8-14(12)26-16(17,18)19/h2-8,20H,9H2,1H3,(H,21,23). The number of hydrogen-bond donors (Lipinski definition) is 2. The van der Waals surface area contributed by atoms with Crippen molar-refractivity contribution in [3.8, 4) is 5.75 Å². The van der Waals surface area contributed by atoms with Gasteiger partial charge in [-0.15, -0.1) is 13.2 Å². The lowest BCUT2D eigenvalue weighted by molar-refractivity contribution is -0.385. The number of alkyl halides is 3. The van der Waals surface area contributed by atoms with Crippen molar-refractivity contribution in [2.24, 2.45) is 0 Å². The van der Waals surface area contributed by atoms with E-state index in [-0.39, 0.29) is 29.2 Å². The molecule has 0 aliphatic heterocycles. The largest absolute Gasteiger partial charge is 0.573 e. The van der Waals surface area contributed by atoms with Crippen LogP contribution in [0.25, 0.3) is 0 Å². The molecule has 0 saturated carbocycles. The maximum atomic E-state index is 12.4. The highest BCUT2D eigenvalue weighted by Crippen LogP contribution is 2.30. The quantitative estimate of drug-likeness (QED) is 0.596. The van der Waals surface area contributed by atoms with Crippen molar-refractivity contribution in [3.63, 3.8) is 0 Å². The number of anilines is 2.